The summed E-state index contributed by atoms with van der Waals surface area (Å²) in [6.45, 7) is 6.23. The van der Waals surface area contributed by atoms with Gasteiger partial charge in [-0.05, 0) is 61.7 Å². The lowest BCUT2D eigenvalue weighted by atomic mass is 9.97. The highest BCUT2D eigenvalue weighted by atomic mass is 16.6. The average Bonchev–Trinajstić information content (AvgIpc) is 2.83. The number of nitrogens with one attached hydrogen (secondary N) is 1. The van der Waals surface area contributed by atoms with Gasteiger partial charge in [-0.3, -0.25) is 0 Å². The molecule has 0 aliphatic carbocycles. The molecule has 3 aromatic rings. The molecule has 1 atom stereocenters. The predicted molar refractivity (Wildman–Crippen MR) is 136 cm³/mol. The number of carbonyl (C=O) groups excluding carboxylic acids is 2. The Morgan fingerprint density at radius 1 is 0.886 bits per heavy atom. The van der Waals surface area contributed by atoms with Crippen LogP contribution >= 0.6 is 0 Å². The molecule has 0 radical (unpaired) electrons. The highest BCUT2D eigenvalue weighted by Crippen LogP contribution is 2.29. The maximum atomic E-state index is 13.3. The first-order valence-corrected chi connectivity index (χ1v) is 11.6. The summed E-state index contributed by atoms with van der Waals surface area (Å²) in [5.41, 5.74) is 2.32. The fourth-order valence-corrected chi connectivity index (χ4v) is 3.83. The van der Waals surface area contributed by atoms with Gasteiger partial charge in [-0.1, -0.05) is 72.8 Å². The van der Waals surface area contributed by atoms with Crippen molar-refractivity contribution in [3.8, 4) is 11.1 Å². The zero-order valence-electron chi connectivity index (χ0n) is 20.7. The molecular formula is C29H32N2O4. The summed E-state index contributed by atoms with van der Waals surface area (Å²) in [7, 11) is 1.92. The standard InChI is InChI=1S/C29H32N2O4/c1-28(2,3)35-29(31-21-32,27(33)34-20-23-9-6-5-7-10-23)18-22-13-15-25(16-14-22)26-12-8-11-24(17-26)19-30-4/h5-17,30H,18-20H2,1-4H3. The zero-order chi connectivity index (χ0) is 25.3. The number of ether oxygens (including phenoxy) is 2. The van der Waals surface area contributed by atoms with Crippen molar-refractivity contribution in [1.82, 2.24) is 5.32 Å². The topological polar surface area (TPSA) is 77.0 Å². The van der Waals surface area contributed by atoms with Crippen molar-refractivity contribution >= 4 is 12.0 Å². The van der Waals surface area contributed by atoms with Crippen molar-refractivity contribution in [2.75, 3.05) is 7.05 Å². The highest BCUT2D eigenvalue weighted by molar-refractivity contribution is 5.81. The number of hydrogen-bond acceptors (Lipinski definition) is 6. The van der Waals surface area contributed by atoms with Gasteiger partial charge < -0.3 is 14.8 Å². The first kappa shape index (κ1) is 26.0. The van der Waals surface area contributed by atoms with E-state index in [0.29, 0.717) is 0 Å². The second-order valence-electron chi connectivity index (χ2n) is 9.37. The van der Waals surface area contributed by atoms with Crippen molar-refractivity contribution in [2.24, 2.45) is 4.99 Å². The number of hydrogen-bond donors (Lipinski definition) is 1. The first-order chi connectivity index (χ1) is 16.7. The van der Waals surface area contributed by atoms with Gasteiger partial charge in [0.1, 0.15) is 6.61 Å². The second-order valence-corrected chi connectivity index (χ2v) is 9.37. The molecule has 0 bridgehead atoms. The molecule has 182 valence electrons. The Labute approximate surface area is 207 Å². The van der Waals surface area contributed by atoms with E-state index in [0.717, 1.165) is 28.8 Å². The Hall–Kier alpha value is -3.57. The quantitative estimate of drug-likeness (QED) is 0.249. The maximum Gasteiger partial charge on any atom is 0.363 e. The fourth-order valence-electron chi connectivity index (χ4n) is 3.83. The predicted octanol–water partition coefficient (Wildman–Crippen LogP) is 5.21. The Bertz CT molecular complexity index is 1160. The average molecular weight is 473 g/mol. The van der Waals surface area contributed by atoms with Gasteiger partial charge >= 0.3 is 5.97 Å². The number of isocyanates is 1. The molecule has 0 aliphatic heterocycles. The van der Waals surface area contributed by atoms with Crippen molar-refractivity contribution < 1.29 is 19.1 Å². The van der Waals surface area contributed by atoms with Crippen molar-refractivity contribution in [3.63, 3.8) is 0 Å². The fraction of sp³-hybridized carbons (Fsp3) is 0.310. The van der Waals surface area contributed by atoms with Gasteiger partial charge in [-0.15, -0.1) is 0 Å². The van der Waals surface area contributed by atoms with E-state index < -0.39 is 17.3 Å². The van der Waals surface area contributed by atoms with Gasteiger partial charge in [0.05, 0.1) is 5.60 Å². The molecular weight excluding hydrogens is 440 g/mol. The smallest absolute Gasteiger partial charge is 0.363 e. The van der Waals surface area contributed by atoms with Crippen LogP contribution in [-0.2, 0) is 38.6 Å². The zero-order valence-corrected chi connectivity index (χ0v) is 20.7. The molecule has 1 unspecified atom stereocenters. The molecule has 3 aromatic carbocycles. The number of nitrogens with zero attached hydrogens (tertiary/aromatic N) is 1. The van der Waals surface area contributed by atoms with Gasteiger partial charge in [-0.25, -0.2) is 9.59 Å². The minimum atomic E-state index is -1.84. The number of rotatable bonds is 10. The van der Waals surface area contributed by atoms with Crippen LogP contribution in [0.25, 0.3) is 11.1 Å². The van der Waals surface area contributed by atoms with E-state index in [1.807, 2.05) is 67.7 Å². The van der Waals surface area contributed by atoms with E-state index in [2.05, 4.69) is 28.5 Å². The van der Waals surface area contributed by atoms with Crippen LogP contribution in [0.5, 0.6) is 0 Å². The van der Waals surface area contributed by atoms with E-state index in [1.54, 1.807) is 20.8 Å². The summed E-state index contributed by atoms with van der Waals surface area (Å²) in [5.74, 6) is -0.733. The lowest BCUT2D eigenvalue weighted by Crippen LogP contribution is -2.48. The molecule has 6 nitrogen and oxygen atoms in total. The van der Waals surface area contributed by atoms with Crippen LogP contribution in [0.3, 0.4) is 0 Å². The minimum absolute atomic E-state index is 0.0349. The molecule has 35 heavy (non-hydrogen) atoms. The summed E-state index contributed by atoms with van der Waals surface area (Å²) in [4.78, 5) is 28.5. The van der Waals surface area contributed by atoms with E-state index in [9.17, 15) is 9.59 Å². The molecule has 0 saturated heterocycles. The first-order valence-electron chi connectivity index (χ1n) is 11.6. The Kier molecular flexibility index (Phi) is 8.72. The number of esters is 1. The Morgan fingerprint density at radius 3 is 2.20 bits per heavy atom. The monoisotopic (exact) mass is 472 g/mol. The summed E-state index contributed by atoms with van der Waals surface area (Å²) in [6, 6.07) is 25.4. The van der Waals surface area contributed by atoms with Crippen LogP contribution in [-0.4, -0.2) is 30.4 Å². The SMILES string of the molecule is CNCc1cccc(-c2ccc(CC(N=C=O)(OC(C)(C)C)C(=O)OCc3ccccc3)cc2)c1. The van der Waals surface area contributed by atoms with Crippen LogP contribution in [0, 0.1) is 0 Å². The van der Waals surface area contributed by atoms with Crippen LogP contribution in [0.2, 0.25) is 0 Å². The summed E-state index contributed by atoms with van der Waals surface area (Å²) >= 11 is 0. The van der Waals surface area contributed by atoms with Gasteiger partial charge in [-0.2, -0.15) is 4.99 Å². The lowest BCUT2D eigenvalue weighted by molar-refractivity contribution is -0.190. The third kappa shape index (κ3) is 7.46. The third-order valence-corrected chi connectivity index (χ3v) is 5.27. The molecule has 0 saturated carbocycles. The summed E-state index contributed by atoms with van der Waals surface area (Å²) < 4.78 is 11.6. The molecule has 6 heteroatoms. The summed E-state index contributed by atoms with van der Waals surface area (Å²) in [5, 5.41) is 3.16. The van der Waals surface area contributed by atoms with E-state index in [1.165, 1.54) is 11.6 Å². The number of benzene rings is 3. The molecule has 0 spiro atoms. The van der Waals surface area contributed by atoms with Gasteiger partial charge in [0.2, 0.25) is 6.08 Å². The number of aliphatic imine (C=N–C) groups is 1. The second kappa shape index (κ2) is 11.7. The molecule has 0 aromatic heterocycles. The van der Waals surface area contributed by atoms with Crippen LogP contribution in [0.15, 0.2) is 83.9 Å². The molecule has 0 heterocycles. The molecule has 0 amide bonds. The third-order valence-electron chi connectivity index (χ3n) is 5.27. The van der Waals surface area contributed by atoms with Gasteiger partial charge in [0, 0.05) is 13.0 Å². The van der Waals surface area contributed by atoms with Crippen LogP contribution < -0.4 is 5.32 Å². The summed E-state index contributed by atoms with van der Waals surface area (Å²) in [6.07, 6.45) is 1.56. The molecule has 0 fully saturated rings. The van der Waals surface area contributed by atoms with Crippen LogP contribution in [0.4, 0.5) is 0 Å². The Balaban J connectivity index is 1.87. The largest absolute Gasteiger partial charge is 0.457 e. The normalized spacial score (nSPS) is 12.9. The van der Waals surface area contributed by atoms with Gasteiger partial charge in [0.25, 0.3) is 5.72 Å². The van der Waals surface area contributed by atoms with E-state index in [-0.39, 0.29) is 13.0 Å². The molecule has 1 N–H and O–H groups in total. The van der Waals surface area contributed by atoms with E-state index >= 15 is 0 Å². The minimum Gasteiger partial charge on any atom is -0.457 e. The van der Waals surface area contributed by atoms with Crippen molar-refractivity contribution in [3.05, 3.63) is 95.6 Å². The van der Waals surface area contributed by atoms with Crippen molar-refractivity contribution in [2.45, 2.75) is 51.7 Å². The van der Waals surface area contributed by atoms with Crippen LogP contribution in [0.1, 0.15) is 37.5 Å². The Morgan fingerprint density at radius 2 is 1.57 bits per heavy atom. The lowest BCUT2D eigenvalue weighted by Gasteiger charge is -2.33. The van der Waals surface area contributed by atoms with Gasteiger partial charge in [0.15, 0.2) is 0 Å². The van der Waals surface area contributed by atoms with Crippen molar-refractivity contribution in [1.29, 1.82) is 0 Å². The molecule has 0 aliphatic rings. The highest BCUT2D eigenvalue weighted by Gasteiger charge is 2.45. The maximum absolute atomic E-state index is 13.3. The molecule has 3 rings (SSSR count). The van der Waals surface area contributed by atoms with E-state index in [4.69, 9.17) is 9.47 Å². The number of carbonyl (C=O) groups is 1.